The molecule has 0 aliphatic carbocycles. The average Bonchev–Trinajstić information content (AvgIpc) is 3.00. The second-order valence-electron chi connectivity index (χ2n) is 13.7. The van der Waals surface area contributed by atoms with E-state index in [1.807, 2.05) is 24.3 Å². The second-order valence-corrected chi connectivity index (χ2v) is 19.2. The van der Waals surface area contributed by atoms with E-state index in [1.165, 1.54) is 12.1 Å². The summed E-state index contributed by atoms with van der Waals surface area (Å²) in [5.74, 6) is -2.98. The fourth-order valence-electron chi connectivity index (χ4n) is 6.99. The Kier molecular flexibility index (Phi) is 13.5. The molecular weight excluding hydrogens is 663 g/mol. The number of hydrogen-bond acceptors (Lipinski definition) is 10. The van der Waals surface area contributed by atoms with Crippen molar-refractivity contribution in [3.05, 3.63) is 70.5 Å². The molecule has 5 atom stereocenters. The zero-order valence-corrected chi connectivity index (χ0v) is 31.5. The molecule has 10 nitrogen and oxygen atoms in total. The molecule has 0 amide bonds. The van der Waals surface area contributed by atoms with Gasteiger partial charge in [-0.05, 0) is 52.0 Å². The zero-order valence-electron chi connectivity index (χ0n) is 30.5. The molecule has 1 N–H and O–H groups in total. The van der Waals surface area contributed by atoms with Crippen molar-refractivity contribution < 1.29 is 52.4 Å². The summed E-state index contributed by atoms with van der Waals surface area (Å²) in [5, 5.41) is 12.2. The molecule has 1 fully saturated rings. The van der Waals surface area contributed by atoms with Gasteiger partial charge in [0.05, 0.1) is 0 Å². The number of aliphatic hydroxyl groups is 1. The molecule has 12 heteroatoms. The molecule has 0 unspecified atom stereocenters. The van der Waals surface area contributed by atoms with E-state index < -0.39 is 74.6 Å². The summed E-state index contributed by atoms with van der Waals surface area (Å²) in [7, 11) is -1.94. The van der Waals surface area contributed by atoms with Gasteiger partial charge >= 0.3 is 23.9 Å². The Balaban J connectivity index is 2.05. The highest BCUT2D eigenvalue weighted by Crippen LogP contribution is 2.42. The molecule has 2 aromatic rings. The number of halogens is 1. The quantitative estimate of drug-likeness (QED) is 0.130. The molecule has 0 saturated carbocycles. The van der Waals surface area contributed by atoms with Crippen molar-refractivity contribution in [3.63, 3.8) is 0 Å². The van der Waals surface area contributed by atoms with Crippen molar-refractivity contribution in [1.29, 1.82) is 0 Å². The Hall–Kier alpha value is -4.05. The van der Waals surface area contributed by atoms with Crippen LogP contribution in [0.5, 0.6) is 0 Å². The number of esters is 4. The van der Waals surface area contributed by atoms with Crippen LogP contribution >= 0.6 is 0 Å². The van der Waals surface area contributed by atoms with Crippen LogP contribution in [0.4, 0.5) is 4.39 Å². The Morgan fingerprint density at radius 1 is 0.820 bits per heavy atom. The van der Waals surface area contributed by atoms with E-state index in [9.17, 15) is 24.3 Å². The summed E-state index contributed by atoms with van der Waals surface area (Å²) < 4.78 is 42.8. The van der Waals surface area contributed by atoms with Crippen LogP contribution in [0.2, 0.25) is 16.6 Å². The third-order valence-corrected chi connectivity index (χ3v) is 15.4. The van der Waals surface area contributed by atoms with Gasteiger partial charge in [-0.3, -0.25) is 19.2 Å². The number of hydrogen-bond donors (Lipinski definition) is 1. The molecule has 1 heterocycles. The standard InChI is InChI=1S/C38H49FO10Si/c1-22(2)50(23(3)4,24(5)6)18-17-29-11-13-30(14-12-29)19-31-20-32(15-16-33(31)39)38(44)37(48-28(10)43)36(47-27(9)42)35(46-26(8)41)34(49-38)21-45-25(7)40/h11-16,20,22-24,34-37,44H,19,21H2,1-10H3/t34-,35-,36+,37-,38+/m1/s1. The highest BCUT2D eigenvalue weighted by Gasteiger charge is 2.60. The first-order valence-corrected chi connectivity index (χ1v) is 19.0. The molecular formula is C38H49FO10Si. The van der Waals surface area contributed by atoms with Crippen LogP contribution in [-0.2, 0) is 55.1 Å². The van der Waals surface area contributed by atoms with E-state index in [4.69, 9.17) is 23.7 Å². The molecule has 1 aliphatic rings. The molecule has 272 valence electrons. The van der Waals surface area contributed by atoms with Gasteiger partial charge < -0.3 is 28.8 Å². The molecule has 50 heavy (non-hydrogen) atoms. The SMILES string of the molecule is CC(=O)OC[C@H]1O[C@@](O)(c2ccc(F)c(Cc3ccc(C#C[Si](C(C)C)(C(C)C)C(C)C)cc3)c2)[C@H](OC(C)=O)[C@@H](OC(C)=O)[C@@H]1OC(C)=O. The lowest BCUT2D eigenvalue weighted by Crippen LogP contribution is -2.66. The molecule has 0 aromatic heterocycles. The van der Waals surface area contributed by atoms with Crippen LogP contribution in [0.15, 0.2) is 42.5 Å². The molecule has 0 spiro atoms. The first-order valence-electron chi connectivity index (χ1n) is 16.8. The van der Waals surface area contributed by atoms with Crippen molar-refractivity contribution >= 4 is 32.0 Å². The van der Waals surface area contributed by atoms with Crippen LogP contribution < -0.4 is 0 Å². The smallest absolute Gasteiger partial charge is 0.303 e. The number of ether oxygens (including phenoxy) is 5. The van der Waals surface area contributed by atoms with Gasteiger partial charge in [0.1, 0.15) is 26.6 Å². The summed E-state index contributed by atoms with van der Waals surface area (Å²) in [4.78, 5) is 48.3. The lowest BCUT2D eigenvalue weighted by molar-refractivity contribution is -0.360. The third-order valence-electron chi connectivity index (χ3n) is 9.15. The maximum atomic E-state index is 15.3. The average molecular weight is 713 g/mol. The summed E-state index contributed by atoms with van der Waals surface area (Å²) >= 11 is 0. The Morgan fingerprint density at radius 3 is 1.86 bits per heavy atom. The van der Waals surface area contributed by atoms with Crippen molar-refractivity contribution in [2.45, 2.75) is 122 Å². The van der Waals surface area contributed by atoms with Crippen LogP contribution in [0.1, 0.15) is 91.5 Å². The number of carbonyl (C=O) groups is 4. The largest absolute Gasteiger partial charge is 0.463 e. The van der Waals surface area contributed by atoms with Gasteiger partial charge in [0.15, 0.2) is 12.2 Å². The minimum atomic E-state index is -2.57. The van der Waals surface area contributed by atoms with Crippen molar-refractivity contribution in [2.24, 2.45) is 0 Å². The summed E-state index contributed by atoms with van der Waals surface area (Å²) in [6.45, 7) is 17.4. The van der Waals surface area contributed by atoms with E-state index in [0.717, 1.165) is 44.9 Å². The van der Waals surface area contributed by atoms with Gasteiger partial charge in [-0.15, -0.1) is 5.54 Å². The summed E-state index contributed by atoms with van der Waals surface area (Å²) in [5.41, 5.74) is 6.91. The maximum Gasteiger partial charge on any atom is 0.303 e. The van der Waals surface area contributed by atoms with Gasteiger partial charge in [0.2, 0.25) is 11.9 Å². The van der Waals surface area contributed by atoms with E-state index >= 15 is 4.39 Å². The van der Waals surface area contributed by atoms with Crippen molar-refractivity contribution in [1.82, 2.24) is 0 Å². The predicted octanol–water partition coefficient (Wildman–Crippen LogP) is 5.89. The van der Waals surface area contributed by atoms with Crippen molar-refractivity contribution in [3.8, 4) is 11.5 Å². The van der Waals surface area contributed by atoms with Gasteiger partial charge in [-0.1, -0.05) is 65.7 Å². The Morgan fingerprint density at radius 2 is 1.36 bits per heavy atom. The molecule has 3 rings (SSSR count). The maximum absolute atomic E-state index is 15.3. The Bertz CT molecular complexity index is 1590. The first-order chi connectivity index (χ1) is 23.3. The van der Waals surface area contributed by atoms with Crippen LogP contribution in [0.3, 0.4) is 0 Å². The van der Waals surface area contributed by atoms with Crippen LogP contribution in [0.25, 0.3) is 0 Å². The third kappa shape index (κ3) is 9.38. The number of rotatable bonds is 11. The second kappa shape index (κ2) is 16.8. The normalized spacial score (nSPS) is 22.1. The zero-order chi connectivity index (χ0) is 37.6. The minimum absolute atomic E-state index is 0.0498. The molecule has 0 radical (unpaired) electrons. The Labute approximate surface area is 295 Å². The van der Waals surface area contributed by atoms with Crippen LogP contribution in [-0.4, -0.2) is 68.1 Å². The monoisotopic (exact) mass is 712 g/mol. The lowest BCUT2D eigenvalue weighted by atomic mass is 9.86. The first kappa shape index (κ1) is 40.4. The van der Waals surface area contributed by atoms with Gasteiger partial charge in [0.25, 0.3) is 0 Å². The number of carbonyl (C=O) groups excluding carboxylic acids is 4. The summed E-state index contributed by atoms with van der Waals surface area (Å²) in [6.07, 6.45) is -6.13. The van der Waals surface area contributed by atoms with E-state index in [-0.39, 0.29) is 17.5 Å². The molecule has 1 saturated heterocycles. The predicted molar refractivity (Wildman–Crippen MR) is 186 cm³/mol. The molecule has 1 aliphatic heterocycles. The minimum Gasteiger partial charge on any atom is -0.463 e. The van der Waals surface area contributed by atoms with Gasteiger partial charge in [0, 0.05) is 45.2 Å². The fraction of sp³-hybridized carbons (Fsp3) is 0.526. The topological polar surface area (TPSA) is 135 Å². The van der Waals surface area contributed by atoms with Crippen molar-refractivity contribution in [2.75, 3.05) is 6.61 Å². The van der Waals surface area contributed by atoms with Gasteiger partial charge in [-0.25, -0.2) is 4.39 Å². The van der Waals surface area contributed by atoms with E-state index in [2.05, 4.69) is 53.0 Å². The van der Waals surface area contributed by atoms with Crippen LogP contribution in [0, 0.1) is 17.3 Å². The molecule has 2 aromatic carbocycles. The lowest BCUT2D eigenvalue weighted by Gasteiger charge is -2.48. The highest BCUT2D eigenvalue weighted by molar-refractivity contribution is 6.90. The van der Waals surface area contributed by atoms with E-state index in [1.54, 1.807) is 0 Å². The highest BCUT2D eigenvalue weighted by atomic mass is 28.3. The number of benzene rings is 2. The van der Waals surface area contributed by atoms with E-state index in [0.29, 0.717) is 16.6 Å². The fourth-order valence-corrected chi connectivity index (χ4v) is 12.2. The summed E-state index contributed by atoms with van der Waals surface area (Å²) in [6, 6.07) is 11.2. The van der Waals surface area contributed by atoms with Gasteiger partial charge in [-0.2, -0.15) is 0 Å². The molecule has 0 bridgehead atoms.